The van der Waals surface area contributed by atoms with Crippen molar-refractivity contribution in [2.24, 2.45) is 5.73 Å². The summed E-state index contributed by atoms with van der Waals surface area (Å²) in [4.78, 5) is 31.9. The molecule has 3 rings (SSSR count). The van der Waals surface area contributed by atoms with Gasteiger partial charge in [0.25, 0.3) is 5.78 Å². The quantitative estimate of drug-likeness (QED) is 0.689. The molecule has 0 saturated heterocycles. The summed E-state index contributed by atoms with van der Waals surface area (Å²) in [5.41, 5.74) is 9.30. The lowest BCUT2D eigenvalue weighted by Crippen LogP contribution is -2.23. The molecule has 8 heteroatoms. The molecule has 3 aromatic rings. The van der Waals surface area contributed by atoms with Crippen molar-refractivity contribution >= 4 is 17.6 Å². The third-order valence-corrected chi connectivity index (χ3v) is 4.29. The van der Waals surface area contributed by atoms with Crippen LogP contribution in [0.25, 0.3) is 5.78 Å². The number of nitrogens with zero attached hydrogens (tertiary/aromatic N) is 4. The Labute approximate surface area is 150 Å². The number of hydrogen-bond donors (Lipinski definition) is 2. The van der Waals surface area contributed by atoms with Crippen LogP contribution in [0.15, 0.2) is 30.6 Å². The van der Waals surface area contributed by atoms with Crippen LogP contribution in [-0.4, -0.2) is 31.4 Å². The Hall–Kier alpha value is -3.29. The zero-order valence-corrected chi connectivity index (χ0v) is 14.7. The van der Waals surface area contributed by atoms with Crippen molar-refractivity contribution in [2.75, 3.05) is 0 Å². The van der Waals surface area contributed by atoms with Crippen molar-refractivity contribution in [3.05, 3.63) is 58.7 Å². The van der Waals surface area contributed by atoms with Crippen LogP contribution >= 0.6 is 0 Å². The molecule has 0 aliphatic carbocycles. The first kappa shape index (κ1) is 17.5. The number of carbonyl (C=O) groups is 2. The molecule has 1 aromatic carbocycles. The minimum atomic E-state index is -0.486. The Morgan fingerprint density at radius 2 is 2.08 bits per heavy atom. The number of nitrogens with two attached hydrogens (primary N) is 1. The van der Waals surface area contributed by atoms with Gasteiger partial charge in [-0.05, 0) is 43.5 Å². The van der Waals surface area contributed by atoms with Crippen molar-refractivity contribution in [3.63, 3.8) is 0 Å². The van der Waals surface area contributed by atoms with E-state index in [0.29, 0.717) is 30.7 Å². The predicted octanol–water partition coefficient (Wildman–Crippen LogP) is 1.09. The van der Waals surface area contributed by atoms with Gasteiger partial charge >= 0.3 is 0 Å². The summed E-state index contributed by atoms with van der Waals surface area (Å²) < 4.78 is 1.68. The first-order valence-corrected chi connectivity index (χ1v) is 8.27. The number of fused-ring (bicyclic) bond motifs is 1. The smallest absolute Gasteiger partial charge is 0.252 e. The molecule has 0 aliphatic rings. The second-order valence-electron chi connectivity index (χ2n) is 6.07. The van der Waals surface area contributed by atoms with Crippen molar-refractivity contribution in [1.29, 1.82) is 0 Å². The third-order valence-electron chi connectivity index (χ3n) is 4.29. The molecule has 8 nitrogen and oxygen atoms in total. The van der Waals surface area contributed by atoms with Gasteiger partial charge in [0, 0.05) is 29.9 Å². The molecule has 2 amide bonds. The van der Waals surface area contributed by atoms with Gasteiger partial charge in [-0.1, -0.05) is 12.1 Å². The minimum absolute atomic E-state index is 0.0769. The molecule has 3 N–H and O–H groups in total. The van der Waals surface area contributed by atoms with Gasteiger partial charge in [0.05, 0.1) is 0 Å². The van der Waals surface area contributed by atoms with E-state index < -0.39 is 5.91 Å². The monoisotopic (exact) mass is 352 g/mol. The number of carbonyl (C=O) groups excluding carboxylic acids is 2. The number of hydrogen-bond acceptors (Lipinski definition) is 5. The average molecular weight is 352 g/mol. The molecule has 0 aliphatic heterocycles. The molecule has 0 radical (unpaired) electrons. The fourth-order valence-electron chi connectivity index (χ4n) is 2.88. The van der Waals surface area contributed by atoms with Crippen LogP contribution in [0.4, 0.5) is 0 Å². The number of amides is 2. The van der Waals surface area contributed by atoms with E-state index >= 15 is 0 Å². The van der Waals surface area contributed by atoms with Crippen molar-refractivity contribution in [1.82, 2.24) is 24.9 Å². The van der Waals surface area contributed by atoms with Crippen LogP contribution in [0, 0.1) is 13.8 Å². The summed E-state index contributed by atoms with van der Waals surface area (Å²) in [6.45, 7) is 4.20. The molecule has 0 bridgehead atoms. The van der Waals surface area contributed by atoms with E-state index in [4.69, 9.17) is 5.73 Å². The molecule has 0 unspecified atom stereocenters. The van der Waals surface area contributed by atoms with Gasteiger partial charge in [0.15, 0.2) is 0 Å². The number of aryl methyl sites for hydroxylation is 2. The lowest BCUT2D eigenvalue weighted by Gasteiger charge is -2.11. The second kappa shape index (κ2) is 7.30. The highest BCUT2D eigenvalue weighted by atomic mass is 16.1. The maximum Gasteiger partial charge on any atom is 0.252 e. The number of primary amides is 1. The van der Waals surface area contributed by atoms with Crippen molar-refractivity contribution in [3.8, 4) is 0 Å². The Morgan fingerprint density at radius 1 is 1.27 bits per heavy atom. The van der Waals surface area contributed by atoms with Gasteiger partial charge in [-0.15, -0.1) is 0 Å². The Morgan fingerprint density at radius 3 is 2.85 bits per heavy atom. The summed E-state index contributed by atoms with van der Waals surface area (Å²) in [6.07, 6.45) is 2.36. The molecule has 2 aromatic heterocycles. The zero-order valence-electron chi connectivity index (χ0n) is 14.7. The topological polar surface area (TPSA) is 115 Å². The van der Waals surface area contributed by atoms with Gasteiger partial charge in [0.2, 0.25) is 11.8 Å². The normalized spacial score (nSPS) is 10.8. The first-order valence-electron chi connectivity index (χ1n) is 8.27. The lowest BCUT2D eigenvalue weighted by atomic mass is 10.1. The molecule has 0 fully saturated rings. The molecule has 0 atom stereocenters. The minimum Gasteiger partial charge on any atom is -0.366 e. The van der Waals surface area contributed by atoms with Gasteiger partial charge in [-0.25, -0.2) is 9.50 Å². The number of nitrogens with one attached hydrogen (secondary N) is 1. The number of rotatable bonds is 6. The number of aromatic nitrogens is 4. The molecule has 26 heavy (non-hydrogen) atoms. The summed E-state index contributed by atoms with van der Waals surface area (Å²) in [6, 6.07) is 6.91. The molecule has 2 heterocycles. The van der Waals surface area contributed by atoms with Crippen LogP contribution in [0.1, 0.15) is 39.3 Å². The Balaban J connectivity index is 1.61. The third kappa shape index (κ3) is 3.69. The highest BCUT2D eigenvalue weighted by molar-refractivity contribution is 5.92. The first-order chi connectivity index (χ1) is 12.5. The fourth-order valence-corrected chi connectivity index (χ4v) is 2.88. The van der Waals surface area contributed by atoms with Crippen LogP contribution in [0.2, 0.25) is 0 Å². The zero-order chi connectivity index (χ0) is 18.7. The molecule has 0 saturated carbocycles. The van der Waals surface area contributed by atoms with E-state index in [-0.39, 0.29) is 5.91 Å². The van der Waals surface area contributed by atoms with E-state index in [1.807, 2.05) is 19.9 Å². The standard InChI is InChI=1S/C18H20N6O2/c1-11-15(12(2)24-18(23-11)21-10-22-24)6-7-16(25)20-9-13-4-3-5-14(8-13)17(19)26/h3-5,8,10H,6-7,9H2,1-2H3,(H2,19,26)(H,20,25). The average Bonchev–Trinajstić information content (AvgIpc) is 3.08. The second-order valence-corrected chi connectivity index (χ2v) is 6.07. The number of benzene rings is 1. The van der Waals surface area contributed by atoms with Gasteiger partial charge < -0.3 is 11.1 Å². The van der Waals surface area contributed by atoms with Crippen molar-refractivity contribution < 1.29 is 9.59 Å². The van der Waals surface area contributed by atoms with Crippen molar-refractivity contribution in [2.45, 2.75) is 33.2 Å². The Kier molecular flexibility index (Phi) is 4.92. The van der Waals surface area contributed by atoms with E-state index in [0.717, 1.165) is 22.5 Å². The van der Waals surface area contributed by atoms with Gasteiger partial charge in [-0.2, -0.15) is 10.1 Å². The van der Waals surface area contributed by atoms with E-state index in [9.17, 15) is 9.59 Å². The summed E-state index contributed by atoms with van der Waals surface area (Å²) >= 11 is 0. The van der Waals surface area contributed by atoms with Gasteiger partial charge in [0.1, 0.15) is 6.33 Å². The van der Waals surface area contributed by atoms with Crippen LogP contribution < -0.4 is 11.1 Å². The fraction of sp³-hybridized carbons (Fsp3) is 0.278. The molecular formula is C18H20N6O2. The van der Waals surface area contributed by atoms with E-state index in [1.54, 1.807) is 22.7 Å². The summed E-state index contributed by atoms with van der Waals surface area (Å²) in [7, 11) is 0. The highest BCUT2D eigenvalue weighted by Gasteiger charge is 2.12. The maximum atomic E-state index is 12.2. The van der Waals surface area contributed by atoms with E-state index in [2.05, 4.69) is 20.4 Å². The molecule has 134 valence electrons. The molecule has 0 spiro atoms. The largest absolute Gasteiger partial charge is 0.366 e. The van der Waals surface area contributed by atoms with Crippen LogP contribution in [0.3, 0.4) is 0 Å². The SMILES string of the molecule is Cc1nc2ncnn2c(C)c1CCC(=O)NCc1cccc(C(N)=O)c1. The summed E-state index contributed by atoms with van der Waals surface area (Å²) in [5, 5.41) is 7.01. The Bertz CT molecular complexity index is 979. The van der Waals surface area contributed by atoms with Gasteiger partial charge in [-0.3, -0.25) is 9.59 Å². The summed E-state index contributed by atoms with van der Waals surface area (Å²) in [5.74, 6) is -0.00497. The lowest BCUT2D eigenvalue weighted by molar-refractivity contribution is -0.121. The highest BCUT2D eigenvalue weighted by Crippen LogP contribution is 2.15. The maximum absolute atomic E-state index is 12.2. The van der Waals surface area contributed by atoms with Crippen LogP contribution in [-0.2, 0) is 17.8 Å². The van der Waals surface area contributed by atoms with E-state index in [1.165, 1.54) is 6.33 Å². The van der Waals surface area contributed by atoms with Crippen LogP contribution in [0.5, 0.6) is 0 Å². The molecular weight excluding hydrogens is 332 g/mol. The predicted molar refractivity (Wildman–Crippen MR) is 95.4 cm³/mol.